The van der Waals surface area contributed by atoms with Crippen LogP contribution in [0.5, 0.6) is 0 Å². The number of benzene rings is 1. The van der Waals surface area contributed by atoms with Gasteiger partial charge in [-0.05, 0) is 60.6 Å². The van der Waals surface area contributed by atoms with Crippen molar-refractivity contribution in [3.63, 3.8) is 0 Å². The summed E-state index contributed by atoms with van der Waals surface area (Å²) in [5.41, 5.74) is 5.11. The molecule has 1 aliphatic rings. The van der Waals surface area contributed by atoms with Crippen molar-refractivity contribution in [2.75, 3.05) is 0 Å². The van der Waals surface area contributed by atoms with Crippen molar-refractivity contribution < 1.29 is 0 Å². The quantitative estimate of drug-likeness (QED) is 0.270. The molecule has 0 radical (unpaired) electrons. The molecule has 1 atom stereocenters. The normalized spacial score (nSPS) is 20.1. The van der Waals surface area contributed by atoms with E-state index < -0.39 is 0 Å². The van der Waals surface area contributed by atoms with Gasteiger partial charge in [-0.15, -0.1) is 6.58 Å². The molecule has 0 N–H and O–H groups in total. The molecular formula is C29H41N. The average Bonchev–Trinajstić information content (AvgIpc) is 2.79. The molecule has 0 bridgehead atoms. The molecule has 1 aromatic carbocycles. The molecule has 1 heteroatoms. The zero-order chi connectivity index (χ0) is 21.2. The lowest BCUT2D eigenvalue weighted by molar-refractivity contribution is 0.230. The summed E-state index contributed by atoms with van der Waals surface area (Å²) in [4.78, 5) is 4.69. The molecule has 2 aromatic rings. The van der Waals surface area contributed by atoms with Gasteiger partial charge in [-0.1, -0.05) is 95.2 Å². The monoisotopic (exact) mass is 403 g/mol. The van der Waals surface area contributed by atoms with Crippen LogP contribution in [-0.2, 0) is 6.42 Å². The topological polar surface area (TPSA) is 12.9 Å². The predicted molar refractivity (Wildman–Crippen MR) is 131 cm³/mol. The van der Waals surface area contributed by atoms with E-state index in [0.29, 0.717) is 5.92 Å². The summed E-state index contributed by atoms with van der Waals surface area (Å²) in [6, 6.07) is 13.6. The van der Waals surface area contributed by atoms with Crippen molar-refractivity contribution in [3.8, 4) is 11.3 Å². The van der Waals surface area contributed by atoms with Gasteiger partial charge in [0.25, 0.3) is 0 Å². The fourth-order valence-corrected chi connectivity index (χ4v) is 5.28. The summed E-state index contributed by atoms with van der Waals surface area (Å²) in [6.45, 7) is 8.58. The molecule has 1 saturated carbocycles. The Kier molecular flexibility index (Phi) is 9.18. The molecule has 0 amide bonds. The maximum atomic E-state index is 4.69. The Morgan fingerprint density at radius 3 is 2.33 bits per heavy atom. The molecule has 30 heavy (non-hydrogen) atoms. The van der Waals surface area contributed by atoms with Crippen LogP contribution in [0.2, 0.25) is 0 Å². The van der Waals surface area contributed by atoms with Crippen LogP contribution in [0.1, 0.15) is 95.1 Å². The first kappa shape index (κ1) is 22.8. The van der Waals surface area contributed by atoms with Crippen LogP contribution in [0.4, 0.5) is 0 Å². The molecule has 0 aliphatic heterocycles. The minimum absolute atomic E-state index is 0.619. The minimum Gasteiger partial charge on any atom is -0.256 e. The van der Waals surface area contributed by atoms with Crippen molar-refractivity contribution in [3.05, 3.63) is 66.4 Å². The van der Waals surface area contributed by atoms with Gasteiger partial charge in [0.05, 0.1) is 5.69 Å². The molecule has 1 aliphatic carbocycles. The summed E-state index contributed by atoms with van der Waals surface area (Å²) in [5.74, 6) is 2.40. The van der Waals surface area contributed by atoms with Crippen molar-refractivity contribution in [2.24, 2.45) is 11.8 Å². The highest BCUT2D eigenvalue weighted by molar-refractivity contribution is 5.59. The highest BCUT2D eigenvalue weighted by Gasteiger charge is 2.27. The maximum absolute atomic E-state index is 4.69. The predicted octanol–water partition coefficient (Wildman–Crippen LogP) is 8.75. The second-order valence-corrected chi connectivity index (χ2v) is 9.33. The van der Waals surface area contributed by atoms with Crippen molar-refractivity contribution >= 4 is 0 Å². The Morgan fingerprint density at radius 1 is 0.967 bits per heavy atom. The van der Waals surface area contributed by atoms with E-state index in [1.54, 1.807) is 0 Å². The lowest BCUT2D eigenvalue weighted by atomic mass is 9.71. The van der Waals surface area contributed by atoms with E-state index in [9.17, 15) is 0 Å². The van der Waals surface area contributed by atoms with E-state index in [-0.39, 0.29) is 0 Å². The fourth-order valence-electron chi connectivity index (χ4n) is 5.28. The third-order valence-corrected chi connectivity index (χ3v) is 7.09. The lowest BCUT2D eigenvalue weighted by Gasteiger charge is -2.34. The highest BCUT2D eigenvalue weighted by Crippen LogP contribution is 2.41. The Balaban J connectivity index is 1.63. The maximum Gasteiger partial charge on any atom is 0.0702 e. The molecular weight excluding hydrogens is 362 g/mol. The van der Waals surface area contributed by atoms with E-state index in [1.165, 1.54) is 74.5 Å². The Morgan fingerprint density at radius 2 is 1.73 bits per heavy atom. The van der Waals surface area contributed by atoms with Gasteiger partial charge in [-0.3, -0.25) is 4.98 Å². The number of aryl methyl sites for hydroxylation is 1. The molecule has 3 rings (SSSR count). The van der Waals surface area contributed by atoms with Gasteiger partial charge in [0.2, 0.25) is 0 Å². The first-order valence-corrected chi connectivity index (χ1v) is 12.4. The molecule has 1 heterocycles. The number of nitrogens with zero attached hydrogens (tertiary/aromatic N) is 1. The van der Waals surface area contributed by atoms with Gasteiger partial charge in [0, 0.05) is 11.8 Å². The zero-order valence-electron chi connectivity index (χ0n) is 19.3. The molecule has 1 nitrogen and oxygen atoms in total. The summed E-state index contributed by atoms with van der Waals surface area (Å²) in [7, 11) is 0. The van der Waals surface area contributed by atoms with E-state index in [0.717, 1.165) is 30.4 Å². The number of hydrogen-bond donors (Lipinski definition) is 0. The van der Waals surface area contributed by atoms with E-state index in [4.69, 9.17) is 4.98 Å². The lowest BCUT2D eigenvalue weighted by Crippen LogP contribution is -2.20. The van der Waals surface area contributed by atoms with Crippen LogP contribution in [0.15, 0.2) is 55.3 Å². The number of allylic oxidation sites excluding steroid dienone is 1. The highest BCUT2D eigenvalue weighted by atomic mass is 14.7. The Labute approximate surface area is 185 Å². The molecule has 1 unspecified atom stereocenters. The average molecular weight is 404 g/mol. The third kappa shape index (κ3) is 6.30. The van der Waals surface area contributed by atoms with Crippen molar-refractivity contribution in [1.82, 2.24) is 4.98 Å². The standard InChI is InChI=1S/C29H41N/c1-4-7-8-11-23-12-15-25(16-13-23)28(10-6-3)26-17-19-27(20-18-26)29-21-14-24(9-5-2)22-30-29/h6,14,17-23,25,28H,3-5,7-13,15-16H2,1-2H3/t23-,25-,28?. The summed E-state index contributed by atoms with van der Waals surface area (Å²) >= 11 is 0. The SMILES string of the molecule is C=CCC(c1ccc(-c2ccc(CCC)cn2)cc1)[C@H]1CC[C@H](CCCCC)CC1. The minimum atomic E-state index is 0.619. The van der Waals surface area contributed by atoms with Gasteiger partial charge in [-0.25, -0.2) is 0 Å². The van der Waals surface area contributed by atoms with Crippen LogP contribution in [0, 0.1) is 11.8 Å². The van der Waals surface area contributed by atoms with Gasteiger partial charge in [0.15, 0.2) is 0 Å². The fraction of sp³-hybridized carbons (Fsp3) is 0.552. The van der Waals surface area contributed by atoms with Crippen LogP contribution in [0.3, 0.4) is 0 Å². The first-order chi connectivity index (χ1) is 14.7. The number of unbranched alkanes of at least 4 members (excludes halogenated alkanes) is 2. The number of pyridine rings is 1. The second kappa shape index (κ2) is 12.1. The van der Waals surface area contributed by atoms with E-state index >= 15 is 0 Å². The van der Waals surface area contributed by atoms with Crippen LogP contribution in [-0.4, -0.2) is 4.98 Å². The molecule has 1 aromatic heterocycles. The molecule has 0 spiro atoms. The number of rotatable bonds is 11. The van der Waals surface area contributed by atoms with E-state index in [2.05, 4.69) is 62.9 Å². The first-order valence-electron chi connectivity index (χ1n) is 12.4. The smallest absolute Gasteiger partial charge is 0.0702 e. The Hall–Kier alpha value is -1.89. The van der Waals surface area contributed by atoms with Gasteiger partial charge in [-0.2, -0.15) is 0 Å². The van der Waals surface area contributed by atoms with Gasteiger partial charge >= 0.3 is 0 Å². The van der Waals surface area contributed by atoms with Crippen molar-refractivity contribution in [1.29, 1.82) is 0 Å². The third-order valence-electron chi connectivity index (χ3n) is 7.09. The Bertz CT molecular complexity index is 735. The van der Waals surface area contributed by atoms with Crippen LogP contribution >= 0.6 is 0 Å². The van der Waals surface area contributed by atoms with Crippen LogP contribution in [0.25, 0.3) is 11.3 Å². The van der Waals surface area contributed by atoms with Gasteiger partial charge in [0.1, 0.15) is 0 Å². The largest absolute Gasteiger partial charge is 0.256 e. The zero-order valence-corrected chi connectivity index (χ0v) is 19.3. The second-order valence-electron chi connectivity index (χ2n) is 9.33. The number of hydrogen-bond acceptors (Lipinski definition) is 1. The molecule has 162 valence electrons. The summed E-state index contributed by atoms with van der Waals surface area (Å²) in [6.07, 6.45) is 18.8. The molecule has 0 saturated heterocycles. The summed E-state index contributed by atoms with van der Waals surface area (Å²) < 4.78 is 0. The van der Waals surface area contributed by atoms with Crippen LogP contribution < -0.4 is 0 Å². The summed E-state index contributed by atoms with van der Waals surface area (Å²) in [5, 5.41) is 0. The van der Waals surface area contributed by atoms with Gasteiger partial charge < -0.3 is 0 Å². The van der Waals surface area contributed by atoms with E-state index in [1.807, 2.05) is 6.20 Å². The number of aromatic nitrogens is 1. The van der Waals surface area contributed by atoms with Crippen molar-refractivity contribution in [2.45, 2.75) is 90.4 Å². The molecule has 1 fully saturated rings.